The Morgan fingerprint density at radius 1 is 1.38 bits per heavy atom. The molecule has 0 unspecified atom stereocenters. The molecule has 3 rings (SSSR count). The number of nitriles is 1. The molecule has 3 heterocycles. The lowest BCUT2D eigenvalue weighted by Gasteiger charge is -2.31. The number of imide groups is 1. The normalized spacial score (nSPS) is 20.4. The number of amides is 3. The van der Waals surface area contributed by atoms with Crippen LogP contribution in [0, 0.1) is 11.3 Å². The summed E-state index contributed by atoms with van der Waals surface area (Å²) in [4.78, 5) is 29.9. The maximum atomic E-state index is 12.6. The molecule has 2 fully saturated rings. The number of pyridine rings is 1. The maximum absolute atomic E-state index is 12.6. The zero-order chi connectivity index (χ0) is 14.9. The van der Waals surface area contributed by atoms with Crippen LogP contribution in [0.5, 0.6) is 0 Å². The van der Waals surface area contributed by atoms with Gasteiger partial charge in [-0.1, -0.05) is 6.07 Å². The van der Waals surface area contributed by atoms with E-state index in [4.69, 9.17) is 5.26 Å². The Morgan fingerprint density at radius 2 is 2.14 bits per heavy atom. The fraction of sp³-hybridized carbons (Fsp3) is 0.429. The minimum atomic E-state index is -0.780. The Labute approximate surface area is 121 Å². The number of carbonyl (C=O) groups is 2. The predicted octanol–water partition coefficient (Wildman–Crippen LogP) is 0.127. The number of aromatic nitrogens is 1. The van der Waals surface area contributed by atoms with Gasteiger partial charge < -0.3 is 10.6 Å². The van der Waals surface area contributed by atoms with Crippen molar-refractivity contribution in [3.63, 3.8) is 0 Å². The smallest absolute Gasteiger partial charge is 0.323 e. The second kappa shape index (κ2) is 5.14. The van der Waals surface area contributed by atoms with E-state index in [9.17, 15) is 9.59 Å². The van der Waals surface area contributed by atoms with Crippen LogP contribution in [0.2, 0.25) is 0 Å². The fourth-order valence-electron chi connectivity index (χ4n) is 2.85. The van der Waals surface area contributed by atoms with Gasteiger partial charge in [0.2, 0.25) is 0 Å². The van der Waals surface area contributed by atoms with Crippen molar-refractivity contribution in [3.8, 4) is 6.07 Å². The minimum Gasteiger partial charge on any atom is -0.323 e. The minimum absolute atomic E-state index is 0.0799. The van der Waals surface area contributed by atoms with Crippen molar-refractivity contribution in [1.82, 2.24) is 20.5 Å². The van der Waals surface area contributed by atoms with Crippen molar-refractivity contribution in [3.05, 3.63) is 29.6 Å². The van der Waals surface area contributed by atoms with Gasteiger partial charge >= 0.3 is 6.03 Å². The van der Waals surface area contributed by atoms with Crippen LogP contribution in [0.4, 0.5) is 4.79 Å². The number of hydrogen-bond donors (Lipinski definition) is 2. The zero-order valence-electron chi connectivity index (χ0n) is 11.4. The van der Waals surface area contributed by atoms with Gasteiger partial charge in [0.05, 0.1) is 6.54 Å². The van der Waals surface area contributed by atoms with Crippen LogP contribution in [0.25, 0.3) is 0 Å². The first-order valence-electron chi connectivity index (χ1n) is 6.85. The molecule has 2 saturated heterocycles. The van der Waals surface area contributed by atoms with E-state index in [1.807, 2.05) is 6.07 Å². The Balaban J connectivity index is 1.85. The fourth-order valence-corrected chi connectivity index (χ4v) is 2.85. The molecule has 0 saturated carbocycles. The molecule has 0 aromatic carbocycles. The monoisotopic (exact) mass is 285 g/mol. The summed E-state index contributed by atoms with van der Waals surface area (Å²) in [5, 5.41) is 15.0. The van der Waals surface area contributed by atoms with Gasteiger partial charge in [-0.3, -0.25) is 9.69 Å². The van der Waals surface area contributed by atoms with Gasteiger partial charge in [0.15, 0.2) is 0 Å². The van der Waals surface area contributed by atoms with Crippen LogP contribution in [-0.2, 0) is 11.3 Å². The lowest BCUT2D eigenvalue weighted by Crippen LogP contribution is -2.53. The van der Waals surface area contributed by atoms with Crippen molar-refractivity contribution in [2.75, 3.05) is 13.1 Å². The van der Waals surface area contributed by atoms with E-state index in [0.717, 1.165) is 0 Å². The van der Waals surface area contributed by atoms with Crippen LogP contribution in [0.1, 0.15) is 24.1 Å². The van der Waals surface area contributed by atoms with E-state index in [-0.39, 0.29) is 18.1 Å². The molecule has 108 valence electrons. The third-order valence-corrected chi connectivity index (χ3v) is 4.03. The van der Waals surface area contributed by atoms with E-state index in [1.54, 1.807) is 12.1 Å². The molecule has 0 radical (unpaired) electrons. The second-order valence-electron chi connectivity index (χ2n) is 5.28. The SMILES string of the molecule is N#Cc1ncccc1CN1C(=O)NC2(CCNCC2)C1=O. The van der Waals surface area contributed by atoms with Crippen molar-refractivity contribution < 1.29 is 9.59 Å². The molecule has 7 nitrogen and oxygen atoms in total. The highest BCUT2D eigenvalue weighted by molar-refractivity contribution is 6.07. The predicted molar refractivity (Wildman–Crippen MR) is 72.9 cm³/mol. The van der Waals surface area contributed by atoms with Crippen LogP contribution in [0.3, 0.4) is 0 Å². The third kappa shape index (κ3) is 2.23. The quantitative estimate of drug-likeness (QED) is 0.752. The Hall–Kier alpha value is -2.46. The Kier molecular flexibility index (Phi) is 3.31. The first-order chi connectivity index (χ1) is 10.2. The molecule has 7 heteroatoms. The largest absolute Gasteiger partial charge is 0.325 e. The highest BCUT2D eigenvalue weighted by Crippen LogP contribution is 2.28. The number of nitrogens with one attached hydrogen (secondary N) is 2. The molecule has 21 heavy (non-hydrogen) atoms. The molecule has 2 N–H and O–H groups in total. The van der Waals surface area contributed by atoms with Gasteiger partial charge in [0.25, 0.3) is 5.91 Å². The lowest BCUT2D eigenvalue weighted by molar-refractivity contribution is -0.132. The van der Waals surface area contributed by atoms with Gasteiger partial charge in [-0.15, -0.1) is 0 Å². The average molecular weight is 285 g/mol. The summed E-state index contributed by atoms with van der Waals surface area (Å²) in [5.74, 6) is -0.207. The van der Waals surface area contributed by atoms with E-state index < -0.39 is 11.6 Å². The van der Waals surface area contributed by atoms with Crippen molar-refractivity contribution >= 4 is 11.9 Å². The molecular formula is C14H15N5O2. The van der Waals surface area contributed by atoms with Gasteiger partial charge in [0.1, 0.15) is 17.3 Å². The molecule has 3 amide bonds. The van der Waals surface area contributed by atoms with Gasteiger partial charge in [-0.2, -0.15) is 5.26 Å². The molecule has 2 aliphatic rings. The molecule has 1 aromatic rings. The highest BCUT2D eigenvalue weighted by Gasteiger charge is 2.51. The highest BCUT2D eigenvalue weighted by atomic mass is 16.2. The lowest BCUT2D eigenvalue weighted by atomic mass is 9.88. The third-order valence-electron chi connectivity index (χ3n) is 4.03. The standard InChI is InChI=1S/C14H15N5O2/c15-8-11-10(2-1-5-17-11)9-19-12(20)14(18-13(19)21)3-6-16-7-4-14/h1-2,5,16H,3-4,6-7,9H2,(H,18,21). The van der Waals surface area contributed by atoms with Crippen molar-refractivity contribution in [2.24, 2.45) is 0 Å². The molecule has 0 bridgehead atoms. The number of urea groups is 1. The summed E-state index contributed by atoms with van der Waals surface area (Å²) in [6.07, 6.45) is 2.70. The summed E-state index contributed by atoms with van der Waals surface area (Å²) in [6, 6.07) is 4.98. The van der Waals surface area contributed by atoms with Gasteiger partial charge in [-0.05, 0) is 32.0 Å². The number of piperidine rings is 1. The summed E-state index contributed by atoms with van der Waals surface area (Å²) in [6.45, 7) is 1.49. The van der Waals surface area contributed by atoms with Gasteiger partial charge in [0, 0.05) is 11.8 Å². The number of nitrogens with zero attached hydrogens (tertiary/aromatic N) is 3. The summed E-state index contributed by atoms with van der Waals surface area (Å²) in [5.41, 5.74) is 0.0380. The number of hydrogen-bond acceptors (Lipinski definition) is 5. The van der Waals surface area contributed by atoms with Crippen molar-refractivity contribution in [2.45, 2.75) is 24.9 Å². The van der Waals surface area contributed by atoms with Gasteiger partial charge in [-0.25, -0.2) is 9.78 Å². The number of carbonyl (C=O) groups excluding carboxylic acids is 2. The van der Waals surface area contributed by atoms with E-state index in [2.05, 4.69) is 15.6 Å². The zero-order valence-corrected chi connectivity index (χ0v) is 11.4. The van der Waals surface area contributed by atoms with E-state index >= 15 is 0 Å². The second-order valence-corrected chi connectivity index (χ2v) is 5.28. The van der Waals surface area contributed by atoms with E-state index in [0.29, 0.717) is 31.5 Å². The first-order valence-corrected chi connectivity index (χ1v) is 6.85. The average Bonchev–Trinajstić information content (AvgIpc) is 2.73. The molecule has 1 spiro atoms. The summed E-state index contributed by atoms with van der Waals surface area (Å²) >= 11 is 0. The maximum Gasteiger partial charge on any atom is 0.325 e. The molecule has 2 aliphatic heterocycles. The van der Waals surface area contributed by atoms with Crippen LogP contribution >= 0.6 is 0 Å². The molecule has 0 aliphatic carbocycles. The molecule has 1 aromatic heterocycles. The first kappa shape index (κ1) is 13.5. The summed E-state index contributed by atoms with van der Waals surface area (Å²) in [7, 11) is 0. The topological polar surface area (TPSA) is 98.1 Å². The molecular weight excluding hydrogens is 270 g/mol. The number of rotatable bonds is 2. The van der Waals surface area contributed by atoms with Crippen LogP contribution in [0.15, 0.2) is 18.3 Å². The Morgan fingerprint density at radius 3 is 2.86 bits per heavy atom. The summed E-state index contributed by atoms with van der Waals surface area (Å²) < 4.78 is 0. The van der Waals surface area contributed by atoms with Crippen molar-refractivity contribution in [1.29, 1.82) is 5.26 Å². The molecule has 0 atom stereocenters. The Bertz CT molecular complexity index is 630. The van der Waals surface area contributed by atoms with Crippen LogP contribution < -0.4 is 10.6 Å². The van der Waals surface area contributed by atoms with Crippen LogP contribution in [-0.4, -0.2) is 40.5 Å². The van der Waals surface area contributed by atoms with E-state index in [1.165, 1.54) is 11.1 Å².